The molecule has 0 saturated heterocycles. The van der Waals surface area contributed by atoms with Gasteiger partial charge in [-0.15, -0.1) is 5.10 Å². The summed E-state index contributed by atoms with van der Waals surface area (Å²) >= 11 is 0. The van der Waals surface area contributed by atoms with Gasteiger partial charge in [-0.3, -0.25) is 0 Å². The lowest BCUT2D eigenvalue weighted by Gasteiger charge is -2.31. The maximum Gasteiger partial charge on any atom is 0.182 e. The van der Waals surface area contributed by atoms with Crippen molar-refractivity contribution in [2.24, 2.45) is 11.8 Å². The molecule has 2 N–H and O–H groups in total. The summed E-state index contributed by atoms with van der Waals surface area (Å²) in [5.74, 6) is 1.56. The first-order chi connectivity index (χ1) is 10.0. The number of nitrogens with zero attached hydrogens (tertiary/aromatic N) is 4. The van der Waals surface area contributed by atoms with E-state index in [-0.39, 0.29) is 5.69 Å². The molecule has 1 saturated carbocycles. The third-order valence-electron chi connectivity index (χ3n) is 4.25. The van der Waals surface area contributed by atoms with Crippen LogP contribution in [0.1, 0.15) is 39.2 Å². The molecular weight excluding hydrogens is 269 g/mol. The monoisotopic (exact) mass is 289 g/mol. The molecule has 0 radical (unpaired) electrons. The molecule has 1 fully saturated rings. The van der Waals surface area contributed by atoms with Crippen molar-refractivity contribution in [2.75, 3.05) is 5.73 Å². The Kier molecular flexibility index (Phi) is 3.61. The molecule has 1 aromatic heterocycles. The van der Waals surface area contributed by atoms with Crippen LogP contribution in [0.2, 0.25) is 0 Å². The molecule has 2 unspecified atom stereocenters. The number of rotatable bonds is 2. The smallest absolute Gasteiger partial charge is 0.182 e. The number of anilines is 1. The largest absolute Gasteiger partial charge is 0.396 e. The van der Waals surface area contributed by atoms with E-state index < -0.39 is 5.82 Å². The van der Waals surface area contributed by atoms with Crippen molar-refractivity contribution in [3.05, 3.63) is 24.0 Å². The molecule has 2 aromatic rings. The minimum atomic E-state index is -0.419. The van der Waals surface area contributed by atoms with Crippen LogP contribution in [-0.4, -0.2) is 20.2 Å². The fourth-order valence-corrected chi connectivity index (χ4v) is 3.42. The second-order valence-electron chi connectivity index (χ2n) is 6.25. The summed E-state index contributed by atoms with van der Waals surface area (Å²) in [7, 11) is 0. The highest BCUT2D eigenvalue weighted by atomic mass is 19.1. The lowest BCUT2D eigenvalue weighted by atomic mass is 9.80. The maximum atomic E-state index is 13.3. The number of nitrogens with two attached hydrogens (primary N) is 1. The van der Waals surface area contributed by atoms with Gasteiger partial charge in [-0.2, -0.15) is 0 Å². The van der Waals surface area contributed by atoms with Gasteiger partial charge < -0.3 is 5.73 Å². The van der Waals surface area contributed by atoms with Crippen LogP contribution in [0.25, 0.3) is 11.4 Å². The maximum absolute atomic E-state index is 13.3. The minimum Gasteiger partial charge on any atom is -0.396 e. The molecule has 21 heavy (non-hydrogen) atoms. The van der Waals surface area contributed by atoms with Crippen LogP contribution in [0, 0.1) is 17.7 Å². The summed E-state index contributed by atoms with van der Waals surface area (Å²) in [5, 5.41) is 12.1. The summed E-state index contributed by atoms with van der Waals surface area (Å²) in [6, 6.07) is 4.91. The molecule has 2 atom stereocenters. The number of hydrogen-bond acceptors (Lipinski definition) is 4. The van der Waals surface area contributed by atoms with Gasteiger partial charge in [0.15, 0.2) is 5.82 Å². The van der Waals surface area contributed by atoms with Crippen molar-refractivity contribution >= 4 is 5.69 Å². The molecular formula is C15H20FN5. The van der Waals surface area contributed by atoms with Crippen LogP contribution in [0.4, 0.5) is 10.1 Å². The Morgan fingerprint density at radius 2 is 1.90 bits per heavy atom. The minimum absolute atomic E-state index is 0.118. The van der Waals surface area contributed by atoms with Gasteiger partial charge in [0.1, 0.15) is 5.82 Å². The van der Waals surface area contributed by atoms with Crippen molar-refractivity contribution in [3.8, 4) is 11.4 Å². The third kappa shape index (κ3) is 2.75. The second kappa shape index (κ2) is 5.42. The van der Waals surface area contributed by atoms with E-state index in [1.165, 1.54) is 12.5 Å². The van der Waals surface area contributed by atoms with Crippen LogP contribution < -0.4 is 5.73 Å². The van der Waals surface area contributed by atoms with E-state index in [2.05, 4.69) is 29.4 Å². The summed E-state index contributed by atoms with van der Waals surface area (Å²) < 4.78 is 15.2. The molecule has 0 aliphatic heterocycles. The third-order valence-corrected chi connectivity index (χ3v) is 4.25. The van der Waals surface area contributed by atoms with Crippen molar-refractivity contribution in [3.63, 3.8) is 0 Å². The first-order valence-corrected chi connectivity index (χ1v) is 7.38. The van der Waals surface area contributed by atoms with Crippen LogP contribution in [0.15, 0.2) is 18.2 Å². The highest BCUT2D eigenvalue weighted by Gasteiger charge is 2.28. The predicted octanol–water partition coefficient (Wildman–Crippen LogP) is 3.06. The van der Waals surface area contributed by atoms with Gasteiger partial charge in [0.05, 0.1) is 11.7 Å². The number of nitrogen functional groups attached to an aromatic ring is 1. The second-order valence-corrected chi connectivity index (χ2v) is 6.25. The van der Waals surface area contributed by atoms with Gasteiger partial charge in [0.25, 0.3) is 0 Å². The molecule has 0 bridgehead atoms. The molecule has 5 nitrogen and oxygen atoms in total. The molecule has 0 spiro atoms. The molecule has 1 aliphatic rings. The highest BCUT2D eigenvalue weighted by molar-refractivity contribution is 5.61. The number of benzene rings is 1. The van der Waals surface area contributed by atoms with Crippen molar-refractivity contribution in [2.45, 2.75) is 39.2 Å². The van der Waals surface area contributed by atoms with Crippen molar-refractivity contribution in [1.29, 1.82) is 0 Å². The molecule has 112 valence electrons. The van der Waals surface area contributed by atoms with Gasteiger partial charge in [0, 0.05) is 5.56 Å². The Balaban J connectivity index is 1.95. The van der Waals surface area contributed by atoms with E-state index in [0.717, 1.165) is 18.4 Å². The summed E-state index contributed by atoms with van der Waals surface area (Å²) in [5.41, 5.74) is 6.52. The topological polar surface area (TPSA) is 69.6 Å². The van der Waals surface area contributed by atoms with Crippen LogP contribution in [0.5, 0.6) is 0 Å². The average molecular weight is 289 g/mol. The Morgan fingerprint density at radius 3 is 2.57 bits per heavy atom. The fourth-order valence-electron chi connectivity index (χ4n) is 3.42. The van der Waals surface area contributed by atoms with Crippen LogP contribution in [-0.2, 0) is 0 Å². The lowest BCUT2D eigenvalue weighted by molar-refractivity contribution is 0.209. The first-order valence-electron chi connectivity index (χ1n) is 7.38. The molecule has 3 rings (SSSR count). The lowest BCUT2D eigenvalue weighted by Crippen LogP contribution is -2.24. The quantitative estimate of drug-likeness (QED) is 0.863. The van der Waals surface area contributed by atoms with Gasteiger partial charge in [-0.1, -0.05) is 13.8 Å². The average Bonchev–Trinajstić information content (AvgIpc) is 2.90. The zero-order chi connectivity index (χ0) is 15.0. The van der Waals surface area contributed by atoms with Gasteiger partial charge in [-0.05, 0) is 59.7 Å². The predicted molar refractivity (Wildman–Crippen MR) is 78.8 cm³/mol. The number of halogens is 1. The van der Waals surface area contributed by atoms with E-state index >= 15 is 0 Å². The Morgan fingerprint density at radius 1 is 1.19 bits per heavy atom. The summed E-state index contributed by atoms with van der Waals surface area (Å²) in [4.78, 5) is 0. The summed E-state index contributed by atoms with van der Waals surface area (Å²) in [6.45, 7) is 4.53. The van der Waals surface area contributed by atoms with E-state index in [0.29, 0.717) is 23.7 Å². The van der Waals surface area contributed by atoms with Crippen molar-refractivity contribution < 1.29 is 4.39 Å². The van der Waals surface area contributed by atoms with E-state index in [4.69, 9.17) is 5.73 Å². The van der Waals surface area contributed by atoms with E-state index in [1.807, 2.05) is 4.68 Å². The molecule has 1 heterocycles. The normalized spacial score (nSPS) is 26.0. The molecule has 1 aliphatic carbocycles. The number of aromatic nitrogens is 4. The number of tetrazole rings is 1. The van der Waals surface area contributed by atoms with Gasteiger partial charge in [0.2, 0.25) is 0 Å². The molecule has 1 aromatic carbocycles. The van der Waals surface area contributed by atoms with Gasteiger partial charge >= 0.3 is 0 Å². The Hall–Kier alpha value is -1.98. The first kappa shape index (κ1) is 14.0. The van der Waals surface area contributed by atoms with E-state index in [1.54, 1.807) is 12.1 Å². The highest BCUT2D eigenvalue weighted by Crippen LogP contribution is 2.37. The SMILES string of the molecule is CC1CC(C)CC(n2nnnc2-c2ccc(F)c(N)c2)C1. The Bertz CT molecular complexity index is 629. The van der Waals surface area contributed by atoms with Crippen LogP contribution >= 0.6 is 0 Å². The zero-order valence-electron chi connectivity index (χ0n) is 12.3. The fraction of sp³-hybridized carbons (Fsp3) is 0.533. The standard InChI is InChI=1S/C15H20FN5/c1-9-5-10(2)7-12(6-9)21-15(18-19-20-21)11-3-4-13(16)14(17)8-11/h3-4,8-10,12H,5-7,17H2,1-2H3. The Labute approximate surface area is 123 Å². The molecule has 0 amide bonds. The van der Waals surface area contributed by atoms with Crippen molar-refractivity contribution in [1.82, 2.24) is 20.2 Å². The summed E-state index contributed by atoms with van der Waals surface area (Å²) in [6.07, 6.45) is 3.38. The zero-order valence-corrected chi connectivity index (χ0v) is 12.3. The molecule has 6 heteroatoms. The number of hydrogen-bond donors (Lipinski definition) is 1. The van der Waals surface area contributed by atoms with Crippen LogP contribution in [0.3, 0.4) is 0 Å². The van der Waals surface area contributed by atoms with Gasteiger partial charge in [-0.25, -0.2) is 9.07 Å². The van der Waals surface area contributed by atoms with E-state index in [9.17, 15) is 4.39 Å².